The molecule has 4 heteroatoms. The fraction of sp³-hybridized carbons (Fsp3) is 0.833. The zero-order valence-corrected chi connectivity index (χ0v) is 14.9. The average molecular weight is 366 g/mol. The second-order valence-corrected chi connectivity index (χ2v) is 2.01. The molecule has 0 amide bonds. The van der Waals surface area contributed by atoms with Crippen molar-refractivity contribution in [3.8, 4) is 0 Å². The summed E-state index contributed by atoms with van der Waals surface area (Å²) in [5.41, 5.74) is 0. The van der Waals surface area contributed by atoms with Crippen LogP contribution in [0.3, 0.4) is 0 Å². The minimum absolute atomic E-state index is 0. The molecule has 0 saturated carbocycles. The standard InChI is InChI=1S/C6H11O.3Y/c1-6-4-2-3-5-7-6;;;/h3,6H,2,4-5H2,1H3;;;/q-1;;;. The molecular formula is C6H11OY3-. The minimum Gasteiger partial charge on any atom is -0.410 e. The first-order valence-corrected chi connectivity index (χ1v) is 2.83. The number of hydrogen-bond acceptors (Lipinski definition) is 1. The van der Waals surface area contributed by atoms with E-state index < -0.39 is 0 Å². The van der Waals surface area contributed by atoms with Crippen LogP contribution >= 0.6 is 0 Å². The summed E-state index contributed by atoms with van der Waals surface area (Å²) in [6.07, 6.45) is 5.13. The molecule has 1 atom stereocenters. The predicted octanol–water partition coefficient (Wildman–Crippen LogP) is 1.38. The Morgan fingerprint density at radius 3 is 2.10 bits per heavy atom. The summed E-state index contributed by atoms with van der Waals surface area (Å²) in [4.78, 5) is 0. The molecule has 1 saturated heterocycles. The van der Waals surface area contributed by atoms with Crippen LogP contribution in [-0.4, -0.2) is 12.7 Å². The van der Waals surface area contributed by atoms with Gasteiger partial charge in [0.25, 0.3) is 0 Å². The van der Waals surface area contributed by atoms with E-state index in [4.69, 9.17) is 4.74 Å². The van der Waals surface area contributed by atoms with Crippen molar-refractivity contribution < 1.29 is 103 Å². The largest absolute Gasteiger partial charge is 0.410 e. The van der Waals surface area contributed by atoms with Gasteiger partial charge in [0.15, 0.2) is 0 Å². The van der Waals surface area contributed by atoms with E-state index in [0.29, 0.717) is 6.10 Å². The molecule has 0 aliphatic carbocycles. The summed E-state index contributed by atoms with van der Waals surface area (Å²) < 4.78 is 5.22. The SMILES string of the molecule is CC1CC[CH-]CO1.[Y].[Y].[Y]. The predicted molar refractivity (Wildman–Crippen MR) is 28.9 cm³/mol. The second kappa shape index (κ2) is 12.3. The summed E-state index contributed by atoms with van der Waals surface area (Å²) in [5, 5.41) is 0. The van der Waals surface area contributed by atoms with Crippen LogP contribution in [0.25, 0.3) is 0 Å². The molecule has 0 bridgehead atoms. The van der Waals surface area contributed by atoms with Crippen LogP contribution in [0.4, 0.5) is 0 Å². The Balaban J connectivity index is -0.000000163. The maximum absolute atomic E-state index is 5.22. The third-order valence-corrected chi connectivity index (χ3v) is 1.28. The Kier molecular flexibility index (Phi) is 23.2. The summed E-state index contributed by atoms with van der Waals surface area (Å²) in [6, 6.07) is 0. The zero-order valence-electron chi connectivity index (χ0n) is 6.42. The molecule has 0 spiro atoms. The topological polar surface area (TPSA) is 9.23 Å². The van der Waals surface area contributed by atoms with Crippen LogP contribution in [0.5, 0.6) is 0 Å². The molecular weight excluding hydrogens is 355 g/mol. The van der Waals surface area contributed by atoms with Gasteiger partial charge in [-0.05, 0) is 6.92 Å². The van der Waals surface area contributed by atoms with Gasteiger partial charge in [0.2, 0.25) is 0 Å². The molecule has 10 heavy (non-hydrogen) atoms. The Hall–Kier alpha value is 3.27. The Bertz CT molecular complexity index is 55.0. The fourth-order valence-electron chi connectivity index (χ4n) is 0.752. The van der Waals surface area contributed by atoms with Crippen molar-refractivity contribution in [2.24, 2.45) is 0 Å². The van der Waals surface area contributed by atoms with Crippen LogP contribution in [0, 0.1) is 6.42 Å². The molecule has 0 aromatic heterocycles. The van der Waals surface area contributed by atoms with E-state index in [9.17, 15) is 0 Å². The summed E-state index contributed by atoms with van der Waals surface area (Å²) in [7, 11) is 0. The first kappa shape index (κ1) is 18.9. The van der Waals surface area contributed by atoms with Gasteiger partial charge in [-0.1, -0.05) is 13.0 Å². The Labute approximate surface area is 139 Å². The van der Waals surface area contributed by atoms with Crippen molar-refractivity contribution in [2.45, 2.75) is 25.9 Å². The van der Waals surface area contributed by atoms with E-state index in [-0.39, 0.29) is 98.1 Å². The van der Waals surface area contributed by atoms with Crippen LogP contribution < -0.4 is 0 Å². The molecule has 1 rings (SSSR count). The van der Waals surface area contributed by atoms with E-state index in [2.05, 4.69) is 13.3 Å². The van der Waals surface area contributed by atoms with Crippen molar-refractivity contribution in [1.29, 1.82) is 0 Å². The fourth-order valence-corrected chi connectivity index (χ4v) is 0.752. The molecule has 1 aliphatic rings. The minimum atomic E-state index is 0. The number of ether oxygens (including phenoxy) is 1. The van der Waals surface area contributed by atoms with E-state index in [1.807, 2.05) is 0 Å². The van der Waals surface area contributed by atoms with Crippen molar-refractivity contribution >= 4 is 0 Å². The third kappa shape index (κ3) is 9.36. The average Bonchev–Trinajstić information content (AvgIpc) is 1.69. The molecule has 1 nitrogen and oxygen atoms in total. The smallest absolute Gasteiger partial charge is 0.0487 e. The Morgan fingerprint density at radius 2 is 1.90 bits per heavy atom. The molecule has 1 fully saturated rings. The monoisotopic (exact) mass is 366 g/mol. The van der Waals surface area contributed by atoms with Crippen molar-refractivity contribution in [2.75, 3.05) is 6.61 Å². The van der Waals surface area contributed by atoms with Gasteiger partial charge < -0.3 is 11.2 Å². The van der Waals surface area contributed by atoms with Crippen LogP contribution in [0.1, 0.15) is 19.8 Å². The molecule has 51 valence electrons. The van der Waals surface area contributed by atoms with Crippen molar-refractivity contribution in [3.63, 3.8) is 0 Å². The normalized spacial score (nSPS) is 23.1. The molecule has 0 aromatic carbocycles. The molecule has 1 heterocycles. The third-order valence-electron chi connectivity index (χ3n) is 1.28. The van der Waals surface area contributed by atoms with Gasteiger partial charge in [-0.25, -0.2) is 0 Å². The molecule has 1 aliphatic heterocycles. The van der Waals surface area contributed by atoms with Crippen LogP contribution in [0.15, 0.2) is 0 Å². The van der Waals surface area contributed by atoms with Gasteiger partial charge in [-0.15, -0.1) is 0 Å². The molecule has 1 unspecified atom stereocenters. The first-order valence-electron chi connectivity index (χ1n) is 2.83. The molecule has 3 radical (unpaired) electrons. The van der Waals surface area contributed by atoms with Crippen molar-refractivity contribution in [1.82, 2.24) is 0 Å². The summed E-state index contributed by atoms with van der Waals surface area (Å²) in [6.45, 7) is 2.98. The van der Waals surface area contributed by atoms with Gasteiger partial charge in [0.05, 0.1) is 0 Å². The van der Waals surface area contributed by atoms with E-state index >= 15 is 0 Å². The van der Waals surface area contributed by atoms with E-state index in [1.165, 1.54) is 12.8 Å². The van der Waals surface area contributed by atoms with E-state index in [1.54, 1.807) is 0 Å². The first-order chi connectivity index (χ1) is 3.39. The van der Waals surface area contributed by atoms with Gasteiger partial charge in [-0.3, -0.25) is 0 Å². The zero-order chi connectivity index (χ0) is 5.11. The second-order valence-electron chi connectivity index (χ2n) is 2.01. The quantitative estimate of drug-likeness (QED) is 0.589. The maximum Gasteiger partial charge on any atom is 0.0487 e. The maximum atomic E-state index is 5.22. The number of hydrogen-bond donors (Lipinski definition) is 0. The molecule has 0 N–H and O–H groups in total. The van der Waals surface area contributed by atoms with Gasteiger partial charge in [-0.2, -0.15) is 6.42 Å². The van der Waals surface area contributed by atoms with Gasteiger partial charge in [0.1, 0.15) is 0 Å². The van der Waals surface area contributed by atoms with Crippen LogP contribution in [-0.2, 0) is 103 Å². The van der Waals surface area contributed by atoms with Gasteiger partial charge >= 0.3 is 0 Å². The van der Waals surface area contributed by atoms with Gasteiger partial charge in [0, 0.05) is 104 Å². The summed E-state index contributed by atoms with van der Waals surface area (Å²) in [5.74, 6) is 0. The van der Waals surface area contributed by atoms with Crippen LogP contribution in [0.2, 0.25) is 0 Å². The Morgan fingerprint density at radius 1 is 1.30 bits per heavy atom. The van der Waals surface area contributed by atoms with Crippen molar-refractivity contribution in [3.05, 3.63) is 6.42 Å². The molecule has 0 aromatic rings. The summed E-state index contributed by atoms with van der Waals surface area (Å²) >= 11 is 0. The number of rotatable bonds is 0. The van der Waals surface area contributed by atoms with E-state index in [0.717, 1.165) is 6.61 Å².